The van der Waals surface area contributed by atoms with Gasteiger partial charge in [0.15, 0.2) is 0 Å². The summed E-state index contributed by atoms with van der Waals surface area (Å²) in [4.78, 5) is 11.1. The van der Waals surface area contributed by atoms with Crippen molar-refractivity contribution in [2.75, 3.05) is 0 Å². The first kappa shape index (κ1) is 11.5. The highest BCUT2D eigenvalue weighted by atomic mass is 16.6. The monoisotopic (exact) mass is 202 g/mol. The van der Waals surface area contributed by atoms with Crippen molar-refractivity contribution >= 4 is 5.97 Å². The SMILES string of the molecule is CCC1(C)OC(C)(CC)C1(O)C(=O)O. The number of aliphatic carboxylic acids is 1. The normalized spacial score (nSPS) is 47.2. The molecule has 82 valence electrons. The van der Waals surface area contributed by atoms with Crippen LogP contribution >= 0.6 is 0 Å². The van der Waals surface area contributed by atoms with Gasteiger partial charge >= 0.3 is 5.97 Å². The number of aliphatic hydroxyl groups is 1. The molecule has 0 spiro atoms. The van der Waals surface area contributed by atoms with Crippen LogP contribution in [-0.4, -0.2) is 33.0 Å². The van der Waals surface area contributed by atoms with Crippen molar-refractivity contribution in [1.82, 2.24) is 0 Å². The molecule has 1 saturated heterocycles. The maximum atomic E-state index is 11.1. The van der Waals surface area contributed by atoms with E-state index in [1.54, 1.807) is 13.8 Å². The number of ether oxygens (including phenoxy) is 1. The molecule has 2 unspecified atom stereocenters. The Hall–Kier alpha value is -0.610. The van der Waals surface area contributed by atoms with E-state index in [0.29, 0.717) is 12.8 Å². The molecule has 2 N–H and O–H groups in total. The average Bonchev–Trinajstić information content (AvgIpc) is 2.15. The van der Waals surface area contributed by atoms with E-state index in [2.05, 4.69) is 0 Å². The maximum absolute atomic E-state index is 11.1. The molecule has 1 heterocycles. The first-order chi connectivity index (χ1) is 6.27. The zero-order valence-corrected chi connectivity index (χ0v) is 9.13. The van der Waals surface area contributed by atoms with Crippen molar-refractivity contribution in [3.8, 4) is 0 Å². The minimum absolute atomic E-state index is 0.478. The van der Waals surface area contributed by atoms with Crippen LogP contribution in [0, 0.1) is 0 Å². The average molecular weight is 202 g/mol. The molecule has 0 aliphatic carbocycles. The Balaban J connectivity index is 3.10. The molecule has 14 heavy (non-hydrogen) atoms. The fourth-order valence-electron chi connectivity index (χ4n) is 2.27. The standard InChI is InChI=1S/C10H18O4/c1-5-8(3)10(13,7(11)12)9(4,6-2)14-8/h13H,5-6H2,1-4H3,(H,11,12). The molecule has 1 aliphatic heterocycles. The van der Waals surface area contributed by atoms with E-state index in [0.717, 1.165) is 0 Å². The molecule has 4 heteroatoms. The van der Waals surface area contributed by atoms with Gasteiger partial charge in [-0.2, -0.15) is 0 Å². The molecule has 2 atom stereocenters. The first-order valence-corrected chi connectivity index (χ1v) is 4.93. The molecular formula is C10H18O4. The van der Waals surface area contributed by atoms with Gasteiger partial charge in [0.25, 0.3) is 0 Å². The van der Waals surface area contributed by atoms with Crippen molar-refractivity contribution in [2.24, 2.45) is 0 Å². The molecular weight excluding hydrogens is 184 g/mol. The highest BCUT2D eigenvalue weighted by Gasteiger charge is 2.74. The molecule has 0 radical (unpaired) electrons. The van der Waals surface area contributed by atoms with Crippen molar-refractivity contribution < 1.29 is 19.7 Å². The Morgan fingerprint density at radius 2 is 1.57 bits per heavy atom. The zero-order chi connectivity index (χ0) is 11.2. The lowest BCUT2D eigenvalue weighted by Crippen LogP contribution is -2.82. The Morgan fingerprint density at radius 1 is 1.21 bits per heavy atom. The highest BCUT2D eigenvalue weighted by Crippen LogP contribution is 2.53. The number of carbonyl (C=O) groups is 1. The van der Waals surface area contributed by atoms with E-state index >= 15 is 0 Å². The molecule has 0 saturated carbocycles. The summed E-state index contributed by atoms with van der Waals surface area (Å²) < 4.78 is 5.56. The molecule has 0 amide bonds. The van der Waals surface area contributed by atoms with E-state index in [1.165, 1.54) is 0 Å². The van der Waals surface area contributed by atoms with Gasteiger partial charge in [0.2, 0.25) is 5.60 Å². The van der Waals surface area contributed by atoms with Gasteiger partial charge in [0.05, 0.1) is 0 Å². The van der Waals surface area contributed by atoms with E-state index < -0.39 is 22.8 Å². The topological polar surface area (TPSA) is 66.8 Å². The smallest absolute Gasteiger partial charge is 0.341 e. The third-order valence-electron chi connectivity index (χ3n) is 3.64. The van der Waals surface area contributed by atoms with Crippen LogP contribution in [0.2, 0.25) is 0 Å². The molecule has 0 bridgehead atoms. The van der Waals surface area contributed by atoms with Gasteiger partial charge in [-0.1, -0.05) is 13.8 Å². The number of carboxylic acid groups (broad SMARTS) is 1. The summed E-state index contributed by atoms with van der Waals surface area (Å²) in [7, 11) is 0. The number of hydrogen-bond donors (Lipinski definition) is 2. The minimum atomic E-state index is -1.77. The summed E-state index contributed by atoms with van der Waals surface area (Å²) in [5.74, 6) is -1.20. The quantitative estimate of drug-likeness (QED) is 0.721. The van der Waals surface area contributed by atoms with Crippen molar-refractivity contribution in [3.63, 3.8) is 0 Å². The van der Waals surface area contributed by atoms with Gasteiger partial charge in [0, 0.05) is 0 Å². The first-order valence-electron chi connectivity index (χ1n) is 4.93. The summed E-state index contributed by atoms with van der Waals surface area (Å²) in [6.45, 7) is 6.89. The lowest BCUT2D eigenvalue weighted by Gasteiger charge is -2.63. The third-order valence-corrected chi connectivity index (χ3v) is 3.64. The largest absolute Gasteiger partial charge is 0.479 e. The van der Waals surface area contributed by atoms with Crippen LogP contribution < -0.4 is 0 Å². The number of hydrogen-bond acceptors (Lipinski definition) is 3. The number of carboxylic acids is 1. The van der Waals surface area contributed by atoms with Gasteiger partial charge in [-0.25, -0.2) is 4.79 Å². The zero-order valence-electron chi connectivity index (χ0n) is 9.13. The molecule has 1 aliphatic rings. The third kappa shape index (κ3) is 0.982. The second kappa shape index (κ2) is 2.94. The highest BCUT2D eigenvalue weighted by molar-refractivity contribution is 5.82. The van der Waals surface area contributed by atoms with Crippen molar-refractivity contribution in [3.05, 3.63) is 0 Å². The van der Waals surface area contributed by atoms with Crippen LogP contribution in [0.4, 0.5) is 0 Å². The van der Waals surface area contributed by atoms with Crippen LogP contribution in [0.3, 0.4) is 0 Å². The van der Waals surface area contributed by atoms with Crippen LogP contribution in [0.5, 0.6) is 0 Å². The minimum Gasteiger partial charge on any atom is -0.479 e. The van der Waals surface area contributed by atoms with Crippen LogP contribution in [0.15, 0.2) is 0 Å². The van der Waals surface area contributed by atoms with Gasteiger partial charge < -0.3 is 14.9 Å². The number of rotatable bonds is 3. The van der Waals surface area contributed by atoms with Gasteiger partial charge in [-0.05, 0) is 26.7 Å². The fraction of sp³-hybridized carbons (Fsp3) is 0.900. The van der Waals surface area contributed by atoms with Crippen LogP contribution in [0.25, 0.3) is 0 Å². The second-order valence-corrected chi connectivity index (χ2v) is 4.29. The lowest BCUT2D eigenvalue weighted by molar-refractivity contribution is -0.381. The van der Waals surface area contributed by atoms with Crippen LogP contribution in [-0.2, 0) is 9.53 Å². The fourth-order valence-corrected chi connectivity index (χ4v) is 2.27. The second-order valence-electron chi connectivity index (χ2n) is 4.29. The van der Waals surface area contributed by atoms with Gasteiger partial charge in [-0.15, -0.1) is 0 Å². The molecule has 0 aromatic rings. The Labute approximate surface area is 83.9 Å². The predicted molar refractivity (Wildman–Crippen MR) is 51.1 cm³/mol. The Kier molecular flexibility index (Phi) is 2.41. The Morgan fingerprint density at radius 3 is 1.79 bits per heavy atom. The van der Waals surface area contributed by atoms with E-state index in [9.17, 15) is 9.90 Å². The summed E-state index contributed by atoms with van der Waals surface area (Å²) in [5, 5.41) is 19.3. The lowest BCUT2D eigenvalue weighted by atomic mass is 9.63. The molecule has 4 nitrogen and oxygen atoms in total. The summed E-state index contributed by atoms with van der Waals surface area (Å²) in [5.41, 5.74) is -3.71. The summed E-state index contributed by atoms with van der Waals surface area (Å²) in [6.07, 6.45) is 0.955. The summed E-state index contributed by atoms with van der Waals surface area (Å²) in [6, 6.07) is 0. The Bertz CT molecular complexity index is 247. The molecule has 1 rings (SSSR count). The maximum Gasteiger partial charge on any atom is 0.341 e. The van der Waals surface area contributed by atoms with Crippen molar-refractivity contribution in [2.45, 2.75) is 57.3 Å². The van der Waals surface area contributed by atoms with Gasteiger partial charge in [-0.3, -0.25) is 0 Å². The van der Waals surface area contributed by atoms with E-state index in [4.69, 9.17) is 9.84 Å². The van der Waals surface area contributed by atoms with Crippen molar-refractivity contribution in [1.29, 1.82) is 0 Å². The van der Waals surface area contributed by atoms with E-state index in [1.807, 2.05) is 13.8 Å². The molecule has 0 aromatic heterocycles. The van der Waals surface area contributed by atoms with Crippen LogP contribution in [0.1, 0.15) is 40.5 Å². The molecule has 0 aromatic carbocycles. The molecule has 1 fully saturated rings. The van der Waals surface area contributed by atoms with Gasteiger partial charge in [0.1, 0.15) is 11.2 Å². The van der Waals surface area contributed by atoms with E-state index in [-0.39, 0.29) is 0 Å². The predicted octanol–water partition coefficient (Wildman–Crippen LogP) is 1.17. The summed E-state index contributed by atoms with van der Waals surface area (Å²) >= 11 is 0.